The van der Waals surface area contributed by atoms with Crippen LogP contribution in [0.3, 0.4) is 0 Å². The molecule has 0 heterocycles. The first-order chi connectivity index (χ1) is 7.04. The molecule has 0 saturated heterocycles. The summed E-state index contributed by atoms with van der Waals surface area (Å²) in [4.78, 5) is 0. The van der Waals surface area contributed by atoms with E-state index in [0.717, 1.165) is 0 Å². The van der Waals surface area contributed by atoms with E-state index in [4.69, 9.17) is 16.3 Å². The van der Waals surface area contributed by atoms with E-state index in [1.807, 2.05) is 0 Å². The Bertz CT molecular complexity index is 333. The minimum absolute atomic E-state index is 0.452. The normalized spacial score (nSPS) is 12.7. The molecule has 2 nitrogen and oxygen atoms in total. The zero-order chi connectivity index (χ0) is 11.4. The Labute approximate surface area is 92.2 Å². The molecule has 0 aliphatic carbocycles. The van der Waals surface area contributed by atoms with Gasteiger partial charge in [0.1, 0.15) is 5.75 Å². The molecule has 15 heavy (non-hydrogen) atoms. The number of benzene rings is 1. The maximum atomic E-state index is 12.3. The predicted molar refractivity (Wildman–Crippen MR) is 57.1 cm³/mol. The Morgan fingerprint density at radius 2 is 2.07 bits per heavy atom. The van der Waals surface area contributed by atoms with Gasteiger partial charge in [-0.05, 0) is 19.1 Å². The first-order valence-electron chi connectivity index (χ1n) is 4.43. The molecule has 1 rings (SSSR count). The van der Waals surface area contributed by atoms with Gasteiger partial charge in [0.15, 0.2) is 0 Å². The lowest BCUT2D eigenvalue weighted by Gasteiger charge is -2.15. The van der Waals surface area contributed by atoms with Gasteiger partial charge in [-0.2, -0.15) is 0 Å². The Morgan fingerprint density at radius 1 is 1.40 bits per heavy atom. The highest BCUT2D eigenvalue weighted by molar-refractivity contribution is 6.32. The molecule has 1 atom stereocenters. The predicted octanol–water partition coefficient (Wildman–Crippen LogP) is 3.41. The van der Waals surface area contributed by atoms with Gasteiger partial charge >= 0.3 is 0 Å². The third-order valence-electron chi connectivity index (χ3n) is 1.92. The van der Waals surface area contributed by atoms with E-state index < -0.39 is 12.5 Å². The highest BCUT2D eigenvalue weighted by Crippen LogP contribution is 2.27. The van der Waals surface area contributed by atoms with Gasteiger partial charge in [0.05, 0.1) is 18.2 Å². The van der Waals surface area contributed by atoms with Crippen molar-refractivity contribution in [2.24, 2.45) is 0 Å². The molecule has 1 aromatic carbocycles. The van der Waals surface area contributed by atoms with Crippen LogP contribution in [0.5, 0.6) is 5.75 Å². The first kappa shape index (κ1) is 12.0. The molecule has 0 saturated carbocycles. The molecule has 0 aliphatic heterocycles. The molecule has 0 fully saturated rings. The molecule has 0 aromatic heterocycles. The highest BCUT2D eigenvalue weighted by Gasteiger charge is 2.14. The van der Waals surface area contributed by atoms with E-state index in [2.05, 4.69) is 5.32 Å². The fraction of sp³-hybridized carbons (Fsp3) is 0.400. The van der Waals surface area contributed by atoms with Crippen molar-refractivity contribution < 1.29 is 13.5 Å². The standard InChI is InChI=1S/C10H12ClF2NO/c1-6(10(12)13)14-7-3-4-8(11)9(5-7)15-2/h3-6,10,14H,1-2H3. The second kappa shape index (κ2) is 5.16. The number of methoxy groups -OCH3 is 1. The summed E-state index contributed by atoms with van der Waals surface area (Å²) < 4.78 is 29.5. The molecule has 0 radical (unpaired) electrons. The molecule has 0 amide bonds. The molecule has 5 heteroatoms. The van der Waals surface area contributed by atoms with E-state index >= 15 is 0 Å². The molecule has 0 bridgehead atoms. The SMILES string of the molecule is COc1cc(NC(C)C(F)F)ccc1Cl. The van der Waals surface area contributed by atoms with Gasteiger partial charge in [0.2, 0.25) is 0 Å². The third kappa shape index (κ3) is 3.23. The van der Waals surface area contributed by atoms with Crippen LogP contribution >= 0.6 is 11.6 Å². The summed E-state index contributed by atoms with van der Waals surface area (Å²) in [5.41, 5.74) is 0.559. The van der Waals surface area contributed by atoms with Crippen molar-refractivity contribution in [3.05, 3.63) is 23.2 Å². The van der Waals surface area contributed by atoms with Crippen molar-refractivity contribution >= 4 is 17.3 Å². The molecule has 1 aromatic rings. The quantitative estimate of drug-likeness (QED) is 0.864. The lowest BCUT2D eigenvalue weighted by Crippen LogP contribution is -2.23. The Kier molecular flexibility index (Phi) is 4.15. The number of anilines is 1. The number of ether oxygens (including phenoxy) is 1. The largest absolute Gasteiger partial charge is 0.495 e. The van der Waals surface area contributed by atoms with Gasteiger partial charge < -0.3 is 10.1 Å². The topological polar surface area (TPSA) is 21.3 Å². The van der Waals surface area contributed by atoms with Crippen LogP contribution in [-0.2, 0) is 0 Å². The highest BCUT2D eigenvalue weighted by atomic mass is 35.5. The van der Waals surface area contributed by atoms with Crippen LogP contribution in [0.2, 0.25) is 5.02 Å². The maximum absolute atomic E-state index is 12.3. The molecule has 1 N–H and O–H groups in total. The smallest absolute Gasteiger partial charge is 0.258 e. The molecule has 0 spiro atoms. The Hall–Kier alpha value is -1.03. The fourth-order valence-corrected chi connectivity index (χ4v) is 1.27. The summed E-state index contributed by atoms with van der Waals surface area (Å²) in [7, 11) is 1.47. The molecule has 1 unspecified atom stereocenters. The van der Waals surface area contributed by atoms with Crippen LogP contribution in [0, 0.1) is 0 Å². The van der Waals surface area contributed by atoms with Crippen molar-refractivity contribution in [2.75, 3.05) is 12.4 Å². The average Bonchev–Trinajstić information content (AvgIpc) is 2.20. The van der Waals surface area contributed by atoms with Crippen LogP contribution in [0.1, 0.15) is 6.92 Å². The lowest BCUT2D eigenvalue weighted by molar-refractivity contribution is 0.130. The summed E-state index contributed by atoms with van der Waals surface area (Å²) >= 11 is 5.79. The van der Waals surface area contributed by atoms with E-state index in [-0.39, 0.29) is 0 Å². The van der Waals surface area contributed by atoms with Crippen molar-refractivity contribution in [1.29, 1.82) is 0 Å². The zero-order valence-electron chi connectivity index (χ0n) is 8.43. The summed E-state index contributed by atoms with van der Waals surface area (Å²) in [5.74, 6) is 0.461. The summed E-state index contributed by atoms with van der Waals surface area (Å²) in [5, 5.41) is 3.11. The number of nitrogens with one attached hydrogen (secondary N) is 1. The van der Waals surface area contributed by atoms with E-state index in [0.29, 0.717) is 16.5 Å². The molecular weight excluding hydrogens is 224 g/mol. The first-order valence-corrected chi connectivity index (χ1v) is 4.80. The summed E-state index contributed by atoms with van der Waals surface area (Å²) in [6, 6.07) is 3.90. The van der Waals surface area contributed by atoms with E-state index in [1.165, 1.54) is 14.0 Å². The monoisotopic (exact) mass is 235 g/mol. The fourth-order valence-electron chi connectivity index (χ4n) is 1.08. The van der Waals surface area contributed by atoms with Crippen LogP contribution in [-0.4, -0.2) is 19.6 Å². The minimum Gasteiger partial charge on any atom is -0.495 e. The van der Waals surface area contributed by atoms with Gasteiger partial charge in [-0.25, -0.2) is 8.78 Å². The van der Waals surface area contributed by atoms with Gasteiger partial charge in [-0.1, -0.05) is 11.6 Å². The third-order valence-corrected chi connectivity index (χ3v) is 2.24. The Morgan fingerprint density at radius 3 is 2.60 bits per heavy atom. The van der Waals surface area contributed by atoms with Crippen molar-refractivity contribution in [3.8, 4) is 5.75 Å². The summed E-state index contributed by atoms with van der Waals surface area (Å²) in [6.45, 7) is 1.41. The zero-order valence-corrected chi connectivity index (χ0v) is 9.18. The van der Waals surface area contributed by atoms with Crippen molar-refractivity contribution in [3.63, 3.8) is 0 Å². The minimum atomic E-state index is -2.41. The number of hydrogen-bond donors (Lipinski definition) is 1. The van der Waals surface area contributed by atoms with Crippen LogP contribution in [0.25, 0.3) is 0 Å². The lowest BCUT2D eigenvalue weighted by atomic mass is 10.2. The average molecular weight is 236 g/mol. The number of alkyl halides is 2. The van der Waals surface area contributed by atoms with Crippen LogP contribution in [0.15, 0.2) is 18.2 Å². The van der Waals surface area contributed by atoms with E-state index in [1.54, 1.807) is 18.2 Å². The van der Waals surface area contributed by atoms with Gasteiger partial charge in [0, 0.05) is 11.8 Å². The summed E-state index contributed by atoms with van der Waals surface area (Å²) in [6.07, 6.45) is -2.41. The molecule has 84 valence electrons. The molecular formula is C10H12ClF2NO. The van der Waals surface area contributed by atoms with E-state index in [9.17, 15) is 8.78 Å². The van der Waals surface area contributed by atoms with Gasteiger partial charge in [-0.3, -0.25) is 0 Å². The maximum Gasteiger partial charge on any atom is 0.258 e. The van der Waals surface area contributed by atoms with Gasteiger partial charge in [-0.15, -0.1) is 0 Å². The van der Waals surface area contributed by atoms with Crippen molar-refractivity contribution in [2.45, 2.75) is 19.4 Å². The van der Waals surface area contributed by atoms with Crippen LogP contribution in [0.4, 0.5) is 14.5 Å². The second-order valence-corrected chi connectivity index (χ2v) is 3.52. The number of hydrogen-bond acceptors (Lipinski definition) is 2. The van der Waals surface area contributed by atoms with Gasteiger partial charge in [0.25, 0.3) is 6.43 Å². The number of rotatable bonds is 4. The second-order valence-electron chi connectivity index (χ2n) is 3.12. The Balaban J connectivity index is 2.78. The van der Waals surface area contributed by atoms with Crippen LogP contribution < -0.4 is 10.1 Å². The molecule has 0 aliphatic rings. The number of halogens is 3. The van der Waals surface area contributed by atoms with Crippen molar-refractivity contribution in [1.82, 2.24) is 0 Å².